The molecule has 0 atom stereocenters. The average molecular weight is 267 g/mol. The van der Waals surface area contributed by atoms with Gasteiger partial charge in [-0.1, -0.05) is 12.1 Å². The molecule has 5 heteroatoms. The summed E-state index contributed by atoms with van der Waals surface area (Å²) < 4.78 is 5.69. The number of nitrogen functional groups attached to an aromatic ring is 1. The maximum absolute atomic E-state index is 11.2. The van der Waals surface area contributed by atoms with Crippen molar-refractivity contribution in [2.45, 2.75) is 6.92 Å². The molecule has 3 N–H and O–H groups in total. The van der Waals surface area contributed by atoms with Gasteiger partial charge in [-0.2, -0.15) is 5.26 Å². The fourth-order valence-electron chi connectivity index (χ4n) is 1.66. The van der Waals surface area contributed by atoms with E-state index in [2.05, 4.69) is 5.32 Å². The number of carbonyl (C=O) groups excluding carboxylic acids is 1. The molecule has 0 fully saturated rings. The van der Waals surface area contributed by atoms with Crippen molar-refractivity contribution in [3.05, 3.63) is 48.0 Å². The van der Waals surface area contributed by atoms with E-state index in [0.29, 0.717) is 28.4 Å². The van der Waals surface area contributed by atoms with Crippen molar-refractivity contribution in [1.29, 1.82) is 5.26 Å². The number of para-hydroxylation sites is 2. The zero-order chi connectivity index (χ0) is 14.5. The standard InChI is InChI=1S/C15H13N3O2/c1-10(19)18-13-4-2-3-5-14(13)20-15-8-11(9-16)6-7-12(15)17/h2-8H,17H2,1H3,(H,18,19). The summed E-state index contributed by atoms with van der Waals surface area (Å²) in [6, 6.07) is 13.8. The Morgan fingerprint density at radius 3 is 2.70 bits per heavy atom. The number of hydrogen-bond donors (Lipinski definition) is 2. The molecule has 0 aliphatic rings. The lowest BCUT2D eigenvalue weighted by Crippen LogP contribution is -2.07. The van der Waals surface area contributed by atoms with Crippen LogP contribution in [0.25, 0.3) is 0 Å². The summed E-state index contributed by atoms with van der Waals surface area (Å²) in [4.78, 5) is 11.2. The minimum absolute atomic E-state index is 0.195. The number of nitrogens with two attached hydrogens (primary N) is 1. The molecule has 100 valence electrons. The van der Waals surface area contributed by atoms with Gasteiger partial charge in [-0.3, -0.25) is 4.79 Å². The molecule has 0 saturated heterocycles. The SMILES string of the molecule is CC(=O)Nc1ccccc1Oc1cc(C#N)ccc1N. The number of anilines is 2. The molecule has 0 heterocycles. The molecule has 0 aliphatic carbocycles. The van der Waals surface area contributed by atoms with E-state index in [-0.39, 0.29) is 5.91 Å². The van der Waals surface area contributed by atoms with Gasteiger partial charge in [0.05, 0.1) is 23.0 Å². The maximum atomic E-state index is 11.2. The predicted molar refractivity (Wildman–Crippen MR) is 76.4 cm³/mol. The third-order valence-electron chi connectivity index (χ3n) is 2.56. The normalized spacial score (nSPS) is 9.60. The van der Waals surface area contributed by atoms with Crippen LogP contribution in [0.2, 0.25) is 0 Å². The molecule has 0 saturated carbocycles. The Balaban J connectivity index is 2.35. The van der Waals surface area contributed by atoms with Crippen molar-refractivity contribution in [3.63, 3.8) is 0 Å². The van der Waals surface area contributed by atoms with Gasteiger partial charge in [0, 0.05) is 13.0 Å². The number of hydrogen-bond acceptors (Lipinski definition) is 4. The van der Waals surface area contributed by atoms with Crippen LogP contribution in [0.4, 0.5) is 11.4 Å². The minimum atomic E-state index is -0.195. The molecule has 0 radical (unpaired) electrons. The van der Waals surface area contributed by atoms with Crippen LogP contribution in [0.5, 0.6) is 11.5 Å². The van der Waals surface area contributed by atoms with E-state index in [0.717, 1.165) is 0 Å². The molecule has 2 aromatic carbocycles. The van der Waals surface area contributed by atoms with Gasteiger partial charge in [-0.05, 0) is 24.3 Å². The molecule has 0 spiro atoms. The lowest BCUT2D eigenvalue weighted by Gasteiger charge is -2.12. The summed E-state index contributed by atoms with van der Waals surface area (Å²) in [5.41, 5.74) is 7.23. The van der Waals surface area contributed by atoms with E-state index in [1.165, 1.54) is 6.92 Å². The Hall–Kier alpha value is -3.00. The molecular formula is C15H13N3O2. The molecule has 20 heavy (non-hydrogen) atoms. The number of nitriles is 1. The Bertz CT molecular complexity index is 690. The van der Waals surface area contributed by atoms with Crippen LogP contribution in [-0.2, 0) is 4.79 Å². The molecular weight excluding hydrogens is 254 g/mol. The monoisotopic (exact) mass is 267 g/mol. The second kappa shape index (κ2) is 5.76. The number of carbonyl (C=O) groups is 1. The van der Waals surface area contributed by atoms with Crippen molar-refractivity contribution >= 4 is 17.3 Å². The van der Waals surface area contributed by atoms with Crippen LogP contribution in [0, 0.1) is 11.3 Å². The summed E-state index contributed by atoms with van der Waals surface area (Å²) in [6.07, 6.45) is 0. The van der Waals surface area contributed by atoms with Gasteiger partial charge in [-0.25, -0.2) is 0 Å². The zero-order valence-corrected chi connectivity index (χ0v) is 10.9. The minimum Gasteiger partial charge on any atom is -0.453 e. The average Bonchev–Trinajstić information content (AvgIpc) is 2.43. The first-order chi connectivity index (χ1) is 9.60. The van der Waals surface area contributed by atoms with Crippen LogP contribution >= 0.6 is 0 Å². The predicted octanol–water partition coefficient (Wildman–Crippen LogP) is 2.89. The van der Waals surface area contributed by atoms with E-state index < -0.39 is 0 Å². The summed E-state index contributed by atoms with van der Waals surface area (Å²) in [7, 11) is 0. The number of ether oxygens (including phenoxy) is 1. The van der Waals surface area contributed by atoms with E-state index in [1.54, 1.807) is 42.5 Å². The Morgan fingerprint density at radius 2 is 2.00 bits per heavy atom. The maximum Gasteiger partial charge on any atom is 0.221 e. The molecule has 2 rings (SSSR count). The molecule has 0 bridgehead atoms. The number of nitrogens with one attached hydrogen (secondary N) is 1. The first-order valence-electron chi connectivity index (χ1n) is 5.94. The smallest absolute Gasteiger partial charge is 0.221 e. The van der Waals surface area contributed by atoms with Crippen molar-refractivity contribution in [2.24, 2.45) is 0 Å². The summed E-state index contributed by atoms with van der Waals surface area (Å²) >= 11 is 0. The van der Waals surface area contributed by atoms with Gasteiger partial charge >= 0.3 is 0 Å². The van der Waals surface area contributed by atoms with Gasteiger partial charge in [0.2, 0.25) is 5.91 Å². The third-order valence-corrected chi connectivity index (χ3v) is 2.56. The van der Waals surface area contributed by atoms with Gasteiger partial charge in [0.1, 0.15) is 0 Å². The number of benzene rings is 2. The van der Waals surface area contributed by atoms with E-state index in [9.17, 15) is 4.79 Å². The number of amides is 1. The highest BCUT2D eigenvalue weighted by molar-refractivity contribution is 5.90. The van der Waals surface area contributed by atoms with Crippen molar-refractivity contribution < 1.29 is 9.53 Å². The molecule has 1 amide bonds. The molecule has 0 aliphatic heterocycles. The first-order valence-corrected chi connectivity index (χ1v) is 5.94. The van der Waals surface area contributed by atoms with Gasteiger partial charge in [0.25, 0.3) is 0 Å². The Morgan fingerprint density at radius 1 is 1.25 bits per heavy atom. The van der Waals surface area contributed by atoms with Gasteiger partial charge < -0.3 is 15.8 Å². The van der Waals surface area contributed by atoms with E-state index in [1.807, 2.05) is 6.07 Å². The number of rotatable bonds is 3. The fourth-order valence-corrected chi connectivity index (χ4v) is 1.66. The first kappa shape index (κ1) is 13.4. The van der Waals surface area contributed by atoms with Crippen molar-refractivity contribution in [1.82, 2.24) is 0 Å². The summed E-state index contributed by atoms with van der Waals surface area (Å²) in [5.74, 6) is 0.645. The summed E-state index contributed by atoms with van der Waals surface area (Å²) in [6.45, 7) is 1.42. The highest BCUT2D eigenvalue weighted by atomic mass is 16.5. The van der Waals surface area contributed by atoms with Crippen molar-refractivity contribution in [3.8, 4) is 17.6 Å². The zero-order valence-electron chi connectivity index (χ0n) is 10.9. The molecule has 0 aromatic heterocycles. The fraction of sp³-hybridized carbons (Fsp3) is 0.0667. The summed E-state index contributed by atoms with van der Waals surface area (Å²) in [5, 5.41) is 11.6. The lowest BCUT2D eigenvalue weighted by atomic mass is 10.2. The van der Waals surface area contributed by atoms with Crippen LogP contribution < -0.4 is 15.8 Å². The third kappa shape index (κ3) is 3.06. The van der Waals surface area contributed by atoms with Crippen LogP contribution in [0.1, 0.15) is 12.5 Å². The quantitative estimate of drug-likeness (QED) is 0.837. The highest BCUT2D eigenvalue weighted by Crippen LogP contribution is 2.33. The van der Waals surface area contributed by atoms with Crippen LogP contribution in [0.3, 0.4) is 0 Å². The second-order valence-corrected chi connectivity index (χ2v) is 4.14. The molecule has 0 unspecified atom stereocenters. The van der Waals surface area contributed by atoms with Crippen LogP contribution in [0.15, 0.2) is 42.5 Å². The van der Waals surface area contributed by atoms with E-state index >= 15 is 0 Å². The van der Waals surface area contributed by atoms with Crippen LogP contribution in [-0.4, -0.2) is 5.91 Å². The van der Waals surface area contributed by atoms with Crippen molar-refractivity contribution in [2.75, 3.05) is 11.1 Å². The topological polar surface area (TPSA) is 88.1 Å². The van der Waals surface area contributed by atoms with E-state index in [4.69, 9.17) is 15.7 Å². The second-order valence-electron chi connectivity index (χ2n) is 4.14. The van der Waals surface area contributed by atoms with Gasteiger partial charge in [0.15, 0.2) is 11.5 Å². The van der Waals surface area contributed by atoms with Gasteiger partial charge in [-0.15, -0.1) is 0 Å². The molecule has 2 aromatic rings. The Kier molecular flexibility index (Phi) is 3.87. The lowest BCUT2D eigenvalue weighted by molar-refractivity contribution is -0.114. The largest absolute Gasteiger partial charge is 0.453 e. The number of nitrogens with zero attached hydrogens (tertiary/aromatic N) is 1. The highest BCUT2D eigenvalue weighted by Gasteiger charge is 2.08. The molecule has 5 nitrogen and oxygen atoms in total. The Labute approximate surface area is 116 Å².